The van der Waals surface area contributed by atoms with Crippen molar-refractivity contribution in [2.75, 3.05) is 5.32 Å². The Morgan fingerprint density at radius 3 is 2.15 bits per heavy atom. The summed E-state index contributed by atoms with van der Waals surface area (Å²) < 4.78 is 0. The van der Waals surface area contributed by atoms with Gasteiger partial charge in [0.1, 0.15) is 0 Å². The molecule has 4 fully saturated rings. The summed E-state index contributed by atoms with van der Waals surface area (Å²) in [5.41, 5.74) is 1.64. The molecule has 0 spiro atoms. The molecule has 5 rings (SSSR count). The fourth-order valence-corrected chi connectivity index (χ4v) is 5.86. The van der Waals surface area contributed by atoms with Crippen molar-refractivity contribution in [1.82, 2.24) is 0 Å². The molecular weight excluding hydrogens is 266 g/mol. The zero-order valence-corrected chi connectivity index (χ0v) is 13.0. The van der Waals surface area contributed by atoms with Gasteiger partial charge in [0.05, 0.1) is 10.7 Å². The lowest BCUT2D eigenvalue weighted by Crippen LogP contribution is -2.52. The molecule has 1 atom stereocenters. The zero-order valence-electron chi connectivity index (χ0n) is 12.2. The summed E-state index contributed by atoms with van der Waals surface area (Å²) in [6.45, 7) is 2.39. The topological polar surface area (TPSA) is 12.0 Å². The minimum Gasteiger partial charge on any atom is -0.381 e. The van der Waals surface area contributed by atoms with Gasteiger partial charge in [-0.3, -0.25) is 0 Å². The van der Waals surface area contributed by atoms with Crippen molar-refractivity contribution < 1.29 is 0 Å². The highest BCUT2D eigenvalue weighted by atomic mass is 35.5. The van der Waals surface area contributed by atoms with Crippen LogP contribution in [0.25, 0.3) is 0 Å². The average molecular weight is 290 g/mol. The molecule has 2 heteroatoms. The summed E-state index contributed by atoms with van der Waals surface area (Å²) >= 11 is 6.31. The highest BCUT2D eigenvalue weighted by Gasteiger charge is 2.53. The van der Waals surface area contributed by atoms with Crippen molar-refractivity contribution >= 4 is 17.3 Å². The van der Waals surface area contributed by atoms with E-state index in [0.717, 1.165) is 28.5 Å². The Kier molecular flexibility index (Phi) is 3.03. The van der Waals surface area contributed by atoms with Gasteiger partial charge in [-0.15, -0.1) is 0 Å². The SMILES string of the molecule is CC(Nc1ccccc1Cl)C12CC3CC(CC(C3)C1)C2. The molecule has 1 aromatic carbocycles. The maximum Gasteiger partial charge on any atom is 0.0637 e. The Morgan fingerprint density at radius 2 is 1.60 bits per heavy atom. The fraction of sp³-hybridized carbons (Fsp3) is 0.667. The van der Waals surface area contributed by atoms with Crippen molar-refractivity contribution in [2.24, 2.45) is 23.2 Å². The van der Waals surface area contributed by atoms with Crippen molar-refractivity contribution in [1.29, 1.82) is 0 Å². The van der Waals surface area contributed by atoms with Gasteiger partial charge in [-0.05, 0) is 80.8 Å². The smallest absolute Gasteiger partial charge is 0.0637 e. The van der Waals surface area contributed by atoms with Crippen LogP contribution in [0.4, 0.5) is 5.69 Å². The lowest BCUT2D eigenvalue weighted by Gasteiger charge is -2.59. The molecule has 1 nitrogen and oxygen atoms in total. The van der Waals surface area contributed by atoms with Gasteiger partial charge in [0, 0.05) is 6.04 Å². The third-order valence-corrected chi connectivity index (χ3v) is 6.58. The second-order valence-corrected chi connectivity index (χ2v) is 8.03. The summed E-state index contributed by atoms with van der Waals surface area (Å²) in [7, 11) is 0. The van der Waals surface area contributed by atoms with Crippen molar-refractivity contribution in [3.8, 4) is 0 Å². The molecule has 4 bridgehead atoms. The maximum atomic E-state index is 6.31. The Morgan fingerprint density at radius 1 is 1.05 bits per heavy atom. The predicted molar refractivity (Wildman–Crippen MR) is 85.1 cm³/mol. The lowest BCUT2D eigenvalue weighted by atomic mass is 9.48. The zero-order chi connectivity index (χ0) is 13.7. The molecular formula is C18H24ClN. The third kappa shape index (κ3) is 2.06. The van der Waals surface area contributed by atoms with Gasteiger partial charge in [-0.1, -0.05) is 23.7 Å². The lowest BCUT2D eigenvalue weighted by molar-refractivity contribution is -0.0602. The molecule has 20 heavy (non-hydrogen) atoms. The Balaban J connectivity index is 1.56. The monoisotopic (exact) mass is 289 g/mol. The summed E-state index contributed by atoms with van der Waals surface area (Å²) in [6.07, 6.45) is 8.86. The molecule has 4 saturated carbocycles. The molecule has 1 unspecified atom stereocenters. The minimum atomic E-state index is 0.536. The van der Waals surface area contributed by atoms with Gasteiger partial charge in [-0.25, -0.2) is 0 Å². The predicted octanol–water partition coefficient (Wildman–Crippen LogP) is 5.36. The summed E-state index contributed by atoms with van der Waals surface area (Å²) in [4.78, 5) is 0. The number of halogens is 1. The van der Waals surface area contributed by atoms with Crippen molar-refractivity contribution in [3.63, 3.8) is 0 Å². The van der Waals surface area contributed by atoms with Crippen LogP contribution in [0.3, 0.4) is 0 Å². The first-order valence-electron chi connectivity index (χ1n) is 8.16. The molecule has 4 aliphatic carbocycles. The number of benzene rings is 1. The van der Waals surface area contributed by atoms with Gasteiger partial charge in [0.25, 0.3) is 0 Å². The molecule has 0 saturated heterocycles. The Hall–Kier alpha value is -0.690. The van der Waals surface area contributed by atoms with Crippen LogP contribution >= 0.6 is 11.6 Å². The molecule has 0 heterocycles. The second kappa shape index (κ2) is 4.66. The summed E-state index contributed by atoms with van der Waals surface area (Å²) in [5.74, 6) is 3.03. The number of anilines is 1. The molecule has 108 valence electrons. The van der Waals surface area contributed by atoms with Crippen LogP contribution in [0.15, 0.2) is 24.3 Å². The summed E-state index contributed by atoms with van der Waals surface area (Å²) in [6, 6.07) is 8.70. The Labute approximate surface area is 127 Å². The highest BCUT2D eigenvalue weighted by Crippen LogP contribution is 2.61. The standard InChI is InChI=1S/C18H24ClN/c1-12(20-17-5-3-2-4-16(17)19)18-9-13-6-14(10-18)8-15(7-13)11-18/h2-5,12-15,20H,6-11H2,1H3. The normalized spacial score (nSPS) is 39.8. The third-order valence-electron chi connectivity index (χ3n) is 6.25. The van der Waals surface area contributed by atoms with E-state index in [0.29, 0.717) is 11.5 Å². The molecule has 1 aromatic rings. The number of rotatable bonds is 3. The second-order valence-electron chi connectivity index (χ2n) is 7.63. The van der Waals surface area contributed by atoms with Gasteiger partial charge < -0.3 is 5.32 Å². The first-order chi connectivity index (χ1) is 9.64. The Bertz CT molecular complexity index is 475. The quantitative estimate of drug-likeness (QED) is 0.790. The minimum absolute atomic E-state index is 0.536. The number of nitrogens with one attached hydrogen (secondary N) is 1. The van der Waals surface area contributed by atoms with E-state index in [1.807, 2.05) is 12.1 Å². The molecule has 0 aromatic heterocycles. The van der Waals surface area contributed by atoms with Crippen molar-refractivity contribution in [2.45, 2.75) is 51.5 Å². The van der Waals surface area contributed by atoms with Gasteiger partial charge >= 0.3 is 0 Å². The fourth-order valence-electron chi connectivity index (χ4n) is 5.67. The highest BCUT2D eigenvalue weighted by molar-refractivity contribution is 6.33. The molecule has 4 aliphatic rings. The van der Waals surface area contributed by atoms with Gasteiger partial charge in [-0.2, -0.15) is 0 Å². The van der Waals surface area contributed by atoms with Crippen LogP contribution in [-0.2, 0) is 0 Å². The van der Waals surface area contributed by atoms with Gasteiger partial charge in [0.15, 0.2) is 0 Å². The van der Waals surface area contributed by atoms with E-state index >= 15 is 0 Å². The number of hydrogen-bond acceptors (Lipinski definition) is 1. The van der Waals surface area contributed by atoms with Crippen LogP contribution in [0.2, 0.25) is 5.02 Å². The van der Waals surface area contributed by atoms with Crippen LogP contribution in [-0.4, -0.2) is 6.04 Å². The van der Waals surface area contributed by atoms with Crippen LogP contribution in [0.5, 0.6) is 0 Å². The molecule has 1 N–H and O–H groups in total. The molecule has 0 amide bonds. The number of hydrogen-bond donors (Lipinski definition) is 1. The van der Waals surface area contributed by atoms with Crippen molar-refractivity contribution in [3.05, 3.63) is 29.3 Å². The van der Waals surface area contributed by atoms with Crippen LogP contribution in [0.1, 0.15) is 45.4 Å². The maximum absolute atomic E-state index is 6.31. The van der Waals surface area contributed by atoms with Crippen LogP contribution in [0, 0.1) is 23.2 Å². The first-order valence-corrected chi connectivity index (χ1v) is 8.53. The largest absolute Gasteiger partial charge is 0.381 e. The van der Waals surface area contributed by atoms with E-state index in [1.54, 1.807) is 0 Å². The van der Waals surface area contributed by atoms with E-state index in [2.05, 4.69) is 24.4 Å². The van der Waals surface area contributed by atoms with E-state index in [1.165, 1.54) is 38.5 Å². The van der Waals surface area contributed by atoms with Gasteiger partial charge in [0.2, 0.25) is 0 Å². The number of para-hydroxylation sites is 1. The van der Waals surface area contributed by atoms with Crippen LogP contribution < -0.4 is 5.32 Å². The van der Waals surface area contributed by atoms with E-state index in [-0.39, 0.29) is 0 Å². The van der Waals surface area contributed by atoms with E-state index in [9.17, 15) is 0 Å². The van der Waals surface area contributed by atoms with E-state index in [4.69, 9.17) is 11.6 Å². The summed E-state index contributed by atoms with van der Waals surface area (Å²) in [5, 5.41) is 4.59. The van der Waals surface area contributed by atoms with E-state index < -0.39 is 0 Å². The average Bonchev–Trinajstić information content (AvgIpc) is 2.40. The molecule has 0 aliphatic heterocycles. The molecule has 0 radical (unpaired) electrons. The first kappa shape index (κ1) is 13.0.